The third-order valence-electron chi connectivity index (χ3n) is 11.2. The number of fused-ring (bicyclic) bond motifs is 3. The molecular weight excluding hydrogens is 480 g/mol. The van der Waals surface area contributed by atoms with Gasteiger partial charge in [0.05, 0.1) is 17.9 Å². The summed E-state index contributed by atoms with van der Waals surface area (Å²) in [6, 6.07) is 0. The van der Waals surface area contributed by atoms with E-state index in [4.69, 9.17) is 14.2 Å². The molecule has 0 amide bonds. The molecule has 9 heteroatoms. The average molecular weight is 517 g/mol. The van der Waals surface area contributed by atoms with E-state index in [-0.39, 0.29) is 12.3 Å². The highest BCUT2D eigenvalue weighted by atomic mass is 16.6. The van der Waals surface area contributed by atoms with Crippen molar-refractivity contribution in [1.82, 2.24) is 0 Å². The van der Waals surface area contributed by atoms with Gasteiger partial charge in [-0.15, -0.1) is 0 Å². The highest BCUT2D eigenvalue weighted by molar-refractivity contribution is 6.30. The van der Waals surface area contributed by atoms with Crippen LogP contribution in [0.15, 0.2) is 11.6 Å². The molecule has 0 radical (unpaired) electrons. The number of ketones is 2. The van der Waals surface area contributed by atoms with Gasteiger partial charge in [0.1, 0.15) is 12.2 Å². The molecule has 3 saturated carbocycles. The molecule has 0 unspecified atom stereocenters. The Morgan fingerprint density at radius 3 is 2.27 bits per heavy atom. The molecule has 2 bridgehead atoms. The Morgan fingerprint density at radius 2 is 1.70 bits per heavy atom. The topological polar surface area (TPSA) is 133 Å². The molecule has 5 rings (SSSR count). The SMILES string of the molecule is COC(=O)[C@]12C(=O)[C@](C)(O)C(=O)[C@@]1(C)C(C)=C[C@@H]1[C@@]34CC[C@@H](OC(C)=O)C(C)(C)[C@@H]3[C@@H](C[C@]12C)OC4=O. The van der Waals surface area contributed by atoms with Gasteiger partial charge in [-0.1, -0.05) is 32.4 Å². The van der Waals surface area contributed by atoms with Crippen molar-refractivity contribution in [2.24, 2.45) is 38.9 Å². The predicted octanol–water partition coefficient (Wildman–Crippen LogP) is 2.32. The third kappa shape index (κ3) is 2.44. The molecule has 4 aliphatic carbocycles. The molecule has 0 aromatic rings. The zero-order valence-electron chi connectivity index (χ0n) is 22.7. The van der Waals surface area contributed by atoms with Crippen molar-refractivity contribution in [3.63, 3.8) is 0 Å². The maximum atomic E-state index is 14.2. The minimum absolute atomic E-state index is 0.107. The first-order valence-corrected chi connectivity index (χ1v) is 12.9. The molecule has 0 spiro atoms. The lowest BCUT2D eigenvalue weighted by atomic mass is 9.33. The Hall–Kier alpha value is -2.55. The number of allylic oxidation sites excluding steroid dienone is 2. The quantitative estimate of drug-likeness (QED) is 0.254. The molecule has 9 nitrogen and oxygen atoms in total. The summed E-state index contributed by atoms with van der Waals surface area (Å²) in [5, 5.41) is 11.2. The number of Topliss-reactive ketones (excluding diaryl/α,β-unsaturated/α-hetero) is 2. The van der Waals surface area contributed by atoms with Crippen LogP contribution in [0.5, 0.6) is 0 Å². The molecule has 1 N–H and O–H groups in total. The first kappa shape index (κ1) is 26.1. The molecule has 5 aliphatic rings. The van der Waals surface area contributed by atoms with Crippen molar-refractivity contribution in [2.75, 3.05) is 7.11 Å². The molecule has 1 saturated heterocycles. The Balaban J connectivity index is 1.81. The molecular formula is C28H36O9. The van der Waals surface area contributed by atoms with Gasteiger partial charge >= 0.3 is 17.9 Å². The molecule has 9 atom stereocenters. The summed E-state index contributed by atoms with van der Waals surface area (Å²) < 4.78 is 17.0. The van der Waals surface area contributed by atoms with Crippen LogP contribution in [-0.4, -0.2) is 59.5 Å². The van der Waals surface area contributed by atoms with Crippen molar-refractivity contribution in [1.29, 1.82) is 0 Å². The van der Waals surface area contributed by atoms with E-state index in [1.807, 2.05) is 19.9 Å². The van der Waals surface area contributed by atoms with E-state index in [9.17, 15) is 29.1 Å². The summed E-state index contributed by atoms with van der Waals surface area (Å²) in [4.78, 5) is 67.6. The van der Waals surface area contributed by atoms with Crippen LogP contribution in [0.25, 0.3) is 0 Å². The summed E-state index contributed by atoms with van der Waals surface area (Å²) in [6.07, 6.45) is 1.57. The van der Waals surface area contributed by atoms with Crippen LogP contribution in [0.2, 0.25) is 0 Å². The minimum Gasteiger partial charge on any atom is -0.468 e. The number of rotatable bonds is 2. The Labute approximate surface area is 216 Å². The minimum atomic E-state index is -2.40. The molecule has 0 aromatic carbocycles. The monoisotopic (exact) mass is 516 g/mol. The van der Waals surface area contributed by atoms with Crippen molar-refractivity contribution in [2.45, 2.75) is 85.5 Å². The predicted molar refractivity (Wildman–Crippen MR) is 128 cm³/mol. The average Bonchev–Trinajstić information content (AvgIpc) is 3.11. The molecule has 37 heavy (non-hydrogen) atoms. The Kier molecular flexibility index (Phi) is 5.00. The van der Waals surface area contributed by atoms with E-state index in [0.717, 1.165) is 6.92 Å². The fraction of sp³-hybridized carbons (Fsp3) is 0.750. The smallest absolute Gasteiger partial charge is 0.321 e. The molecule has 202 valence electrons. The van der Waals surface area contributed by atoms with Crippen LogP contribution in [-0.2, 0) is 38.2 Å². The number of aliphatic hydroxyl groups is 1. The van der Waals surface area contributed by atoms with E-state index in [2.05, 4.69) is 0 Å². The van der Waals surface area contributed by atoms with Gasteiger partial charge in [-0.2, -0.15) is 0 Å². The lowest BCUT2D eigenvalue weighted by Crippen LogP contribution is -2.71. The van der Waals surface area contributed by atoms with Gasteiger partial charge in [0.25, 0.3) is 0 Å². The normalized spacial score (nSPS) is 49.3. The maximum Gasteiger partial charge on any atom is 0.321 e. The second kappa shape index (κ2) is 7.10. The van der Waals surface area contributed by atoms with Crippen LogP contribution >= 0.6 is 0 Å². The zero-order valence-corrected chi connectivity index (χ0v) is 22.7. The Bertz CT molecular complexity index is 1200. The van der Waals surface area contributed by atoms with Gasteiger partial charge in [0.15, 0.2) is 22.6 Å². The number of hydrogen-bond acceptors (Lipinski definition) is 9. The van der Waals surface area contributed by atoms with Crippen LogP contribution in [0.3, 0.4) is 0 Å². The second-order valence-corrected chi connectivity index (χ2v) is 13.0. The van der Waals surface area contributed by atoms with E-state index in [0.29, 0.717) is 18.4 Å². The van der Waals surface area contributed by atoms with Gasteiger partial charge in [0.2, 0.25) is 0 Å². The Morgan fingerprint density at radius 1 is 1.08 bits per heavy atom. The summed E-state index contributed by atoms with van der Waals surface area (Å²) in [5.74, 6) is -4.36. The standard InChI is InChI=1S/C28H36O9/c1-13-11-16-24(5,28(22(33)35-8)20(31)26(7,34)19(30)25(13,28)6)12-15-18-23(3,4)17(36-14(2)29)9-10-27(16,18)21(32)37-15/h11,15-18,34H,9-10,12H2,1-8H3/t15-,16+,17-,18+,24-,25-,26-,27+,28+/m1/s1. The fourth-order valence-electron chi connectivity index (χ4n) is 9.75. The summed E-state index contributed by atoms with van der Waals surface area (Å²) >= 11 is 0. The van der Waals surface area contributed by atoms with Gasteiger partial charge < -0.3 is 19.3 Å². The van der Waals surface area contributed by atoms with Crippen LogP contribution < -0.4 is 0 Å². The first-order valence-electron chi connectivity index (χ1n) is 12.9. The van der Waals surface area contributed by atoms with Crippen molar-refractivity contribution < 1.29 is 43.3 Å². The lowest BCUT2D eigenvalue weighted by Gasteiger charge is -2.66. The molecule has 4 fully saturated rings. The number of methoxy groups -OCH3 is 1. The van der Waals surface area contributed by atoms with E-state index < -0.39 is 80.3 Å². The number of esters is 3. The number of carbonyl (C=O) groups excluding carboxylic acids is 5. The van der Waals surface area contributed by atoms with Crippen molar-refractivity contribution in [3.05, 3.63) is 11.6 Å². The number of carbonyl (C=O) groups is 5. The maximum absolute atomic E-state index is 14.2. The summed E-state index contributed by atoms with van der Waals surface area (Å²) in [5.41, 5.74) is -8.71. The summed E-state index contributed by atoms with van der Waals surface area (Å²) in [6.45, 7) is 11.4. The largest absolute Gasteiger partial charge is 0.468 e. The lowest BCUT2D eigenvalue weighted by molar-refractivity contribution is -0.216. The van der Waals surface area contributed by atoms with E-state index >= 15 is 0 Å². The molecule has 1 aliphatic heterocycles. The van der Waals surface area contributed by atoms with Crippen LogP contribution in [0.1, 0.15) is 67.7 Å². The van der Waals surface area contributed by atoms with Gasteiger partial charge in [0, 0.05) is 29.6 Å². The highest BCUT2D eigenvalue weighted by Crippen LogP contribution is 2.78. The highest BCUT2D eigenvalue weighted by Gasteiger charge is 2.88. The molecule has 0 aromatic heterocycles. The van der Waals surface area contributed by atoms with E-state index in [1.54, 1.807) is 13.8 Å². The number of ether oxygens (including phenoxy) is 3. The number of hydrogen-bond donors (Lipinski definition) is 1. The fourth-order valence-corrected chi connectivity index (χ4v) is 9.75. The summed E-state index contributed by atoms with van der Waals surface area (Å²) in [7, 11) is 1.17. The second-order valence-electron chi connectivity index (χ2n) is 13.0. The van der Waals surface area contributed by atoms with Gasteiger partial charge in [-0.3, -0.25) is 24.0 Å². The van der Waals surface area contributed by atoms with Crippen LogP contribution in [0.4, 0.5) is 0 Å². The van der Waals surface area contributed by atoms with Gasteiger partial charge in [-0.05, 0) is 40.0 Å². The third-order valence-corrected chi connectivity index (χ3v) is 11.2. The van der Waals surface area contributed by atoms with Crippen LogP contribution in [0, 0.1) is 38.9 Å². The van der Waals surface area contributed by atoms with E-state index in [1.165, 1.54) is 21.0 Å². The first-order chi connectivity index (χ1) is 16.9. The van der Waals surface area contributed by atoms with Gasteiger partial charge in [-0.25, -0.2) is 0 Å². The zero-order chi connectivity index (χ0) is 27.7. The van der Waals surface area contributed by atoms with Crippen molar-refractivity contribution >= 4 is 29.5 Å². The van der Waals surface area contributed by atoms with Crippen molar-refractivity contribution in [3.8, 4) is 0 Å². The molecule has 1 heterocycles.